The lowest BCUT2D eigenvalue weighted by Crippen LogP contribution is -1.93. The lowest BCUT2D eigenvalue weighted by molar-refractivity contribution is 1.28. The number of hydrogen-bond donors (Lipinski definition) is 0. The van der Waals surface area contributed by atoms with Gasteiger partial charge in [0.15, 0.2) is 0 Å². The largest absolute Gasteiger partial charge is 0.248 e. The normalized spacial score (nSPS) is 13.4. The molecule has 0 N–H and O–H groups in total. The quantitative estimate of drug-likeness (QED) is 0.174. The number of fused-ring (bicyclic) bond motifs is 7. The van der Waals surface area contributed by atoms with E-state index in [4.69, 9.17) is 4.98 Å². The summed E-state index contributed by atoms with van der Waals surface area (Å²) in [6.45, 7) is 8.93. The molecule has 0 saturated carbocycles. The predicted octanol–water partition coefficient (Wildman–Crippen LogP) is 12.8. The first-order valence-electron chi connectivity index (χ1n) is 16.8. The van der Waals surface area contributed by atoms with Crippen LogP contribution in [-0.2, 0) is 6.42 Å². The van der Waals surface area contributed by atoms with Crippen molar-refractivity contribution in [3.63, 3.8) is 0 Å². The fourth-order valence-electron chi connectivity index (χ4n) is 7.53. The van der Waals surface area contributed by atoms with E-state index in [1.807, 2.05) is 0 Å². The van der Waals surface area contributed by atoms with Gasteiger partial charge in [0.1, 0.15) is 0 Å². The maximum absolute atomic E-state index is 5.32. The number of allylic oxidation sites excluding steroid dienone is 4. The van der Waals surface area contributed by atoms with Gasteiger partial charge in [-0.15, -0.1) is 0 Å². The van der Waals surface area contributed by atoms with Gasteiger partial charge < -0.3 is 0 Å². The molecule has 1 heterocycles. The molecule has 1 heteroatoms. The summed E-state index contributed by atoms with van der Waals surface area (Å²) < 4.78 is 0. The molecule has 0 bridgehead atoms. The second kappa shape index (κ2) is 11.7. The van der Waals surface area contributed by atoms with Gasteiger partial charge in [0.25, 0.3) is 0 Å². The minimum absolute atomic E-state index is 0.891. The molecule has 7 aromatic carbocycles. The van der Waals surface area contributed by atoms with E-state index in [9.17, 15) is 0 Å². The van der Waals surface area contributed by atoms with E-state index in [1.165, 1.54) is 54.6 Å². The second-order valence-electron chi connectivity index (χ2n) is 12.9. The number of nitrogens with zero attached hydrogens (tertiary/aromatic N) is 1. The Bertz CT molecular complexity index is 2550. The topological polar surface area (TPSA) is 12.9 Å². The van der Waals surface area contributed by atoms with E-state index in [1.54, 1.807) is 0 Å². The first-order chi connectivity index (χ1) is 24.1. The van der Waals surface area contributed by atoms with Gasteiger partial charge in [-0.05, 0) is 108 Å². The molecule has 8 aromatic rings. The van der Waals surface area contributed by atoms with Crippen molar-refractivity contribution in [1.29, 1.82) is 0 Å². The van der Waals surface area contributed by atoms with E-state index < -0.39 is 0 Å². The van der Waals surface area contributed by atoms with Crippen LogP contribution in [0.5, 0.6) is 0 Å². The third-order valence-corrected chi connectivity index (χ3v) is 9.92. The van der Waals surface area contributed by atoms with E-state index >= 15 is 0 Å². The lowest BCUT2D eigenvalue weighted by atomic mass is 9.88. The van der Waals surface area contributed by atoms with Crippen molar-refractivity contribution >= 4 is 43.5 Å². The van der Waals surface area contributed by atoms with Crippen molar-refractivity contribution in [2.24, 2.45) is 0 Å². The molecule has 1 aliphatic rings. The van der Waals surface area contributed by atoms with Gasteiger partial charge in [-0.25, -0.2) is 4.98 Å². The summed E-state index contributed by atoms with van der Waals surface area (Å²) in [4.78, 5) is 5.32. The van der Waals surface area contributed by atoms with Gasteiger partial charge in [0.05, 0.1) is 11.4 Å². The van der Waals surface area contributed by atoms with Crippen molar-refractivity contribution < 1.29 is 0 Å². The third-order valence-electron chi connectivity index (χ3n) is 9.92. The zero-order valence-corrected chi connectivity index (χ0v) is 27.2. The molecule has 230 valence electrons. The SMILES string of the molecule is C=C1Cc2ccccc2/C1=C/C(=C)c1ccc2c(c1)c1ccccc1c1c(-c3cc(-c4ccccc4)cc(-c4ccccc4)n3)cccc21. The smallest absolute Gasteiger partial charge is 0.0722 e. The molecule has 1 nitrogen and oxygen atoms in total. The van der Waals surface area contributed by atoms with Crippen LogP contribution >= 0.6 is 0 Å². The standard InChI is InChI=1S/C48H33N/c1-31(27-44-32(2)26-36-18-9-10-19-38(36)44)35-24-25-40-42-22-13-23-43(48(42)41-21-12-11-20-39(41)45(40)28-35)47-30-37(33-14-5-3-6-15-33)29-46(49-47)34-16-7-4-8-17-34/h3-25,27-30H,1-2,26H2/b44-27+. The zero-order chi connectivity index (χ0) is 32.9. The average molecular weight is 624 g/mol. The predicted molar refractivity (Wildman–Crippen MR) is 209 cm³/mol. The van der Waals surface area contributed by atoms with E-state index in [2.05, 4.69) is 177 Å². The number of aromatic nitrogens is 1. The maximum atomic E-state index is 5.32. The molecule has 0 radical (unpaired) electrons. The van der Waals surface area contributed by atoms with Crippen molar-refractivity contribution in [3.8, 4) is 33.6 Å². The van der Waals surface area contributed by atoms with E-state index in [-0.39, 0.29) is 0 Å². The van der Waals surface area contributed by atoms with Crippen LogP contribution in [0.2, 0.25) is 0 Å². The monoisotopic (exact) mass is 623 g/mol. The van der Waals surface area contributed by atoms with Gasteiger partial charge in [-0.1, -0.05) is 153 Å². The van der Waals surface area contributed by atoms with Crippen LogP contribution in [0.4, 0.5) is 0 Å². The van der Waals surface area contributed by atoms with Gasteiger partial charge in [-0.2, -0.15) is 0 Å². The zero-order valence-electron chi connectivity index (χ0n) is 27.2. The highest BCUT2D eigenvalue weighted by Gasteiger charge is 2.20. The average Bonchev–Trinajstić information content (AvgIpc) is 3.49. The molecule has 0 amide bonds. The molecule has 1 aliphatic carbocycles. The van der Waals surface area contributed by atoms with Crippen LogP contribution in [-0.4, -0.2) is 4.98 Å². The molecule has 1 aromatic heterocycles. The van der Waals surface area contributed by atoms with Crippen LogP contribution in [0.25, 0.3) is 77.1 Å². The molecule has 0 saturated heterocycles. The molecular weight excluding hydrogens is 591 g/mol. The summed E-state index contributed by atoms with van der Waals surface area (Å²) in [7, 11) is 0. The summed E-state index contributed by atoms with van der Waals surface area (Å²) >= 11 is 0. The molecule has 9 rings (SSSR count). The molecule has 0 atom stereocenters. The minimum Gasteiger partial charge on any atom is -0.248 e. The second-order valence-corrected chi connectivity index (χ2v) is 12.9. The highest BCUT2D eigenvalue weighted by atomic mass is 14.7. The van der Waals surface area contributed by atoms with Crippen molar-refractivity contribution in [1.82, 2.24) is 4.98 Å². The fourth-order valence-corrected chi connectivity index (χ4v) is 7.53. The Hall–Kier alpha value is -6.31. The Morgan fingerprint density at radius 3 is 1.92 bits per heavy atom. The first kappa shape index (κ1) is 28.9. The summed E-state index contributed by atoms with van der Waals surface area (Å²) in [6.07, 6.45) is 3.11. The Labute approximate surface area is 286 Å². The summed E-state index contributed by atoms with van der Waals surface area (Å²) in [5.74, 6) is 0. The highest BCUT2D eigenvalue weighted by molar-refractivity contribution is 6.28. The number of rotatable bonds is 5. The molecule has 49 heavy (non-hydrogen) atoms. The van der Waals surface area contributed by atoms with Crippen LogP contribution in [0.1, 0.15) is 16.7 Å². The third kappa shape index (κ3) is 4.99. The van der Waals surface area contributed by atoms with Crippen molar-refractivity contribution in [2.75, 3.05) is 0 Å². The summed E-state index contributed by atoms with van der Waals surface area (Å²) in [5.41, 5.74) is 13.5. The Morgan fingerprint density at radius 2 is 1.12 bits per heavy atom. The Kier molecular flexibility index (Phi) is 6.92. The maximum Gasteiger partial charge on any atom is 0.0722 e. The molecule has 0 aliphatic heterocycles. The summed E-state index contributed by atoms with van der Waals surface area (Å²) in [6, 6.07) is 56.3. The number of pyridine rings is 1. The Morgan fingerprint density at radius 1 is 0.510 bits per heavy atom. The van der Waals surface area contributed by atoms with Gasteiger partial charge in [-0.3, -0.25) is 0 Å². The minimum atomic E-state index is 0.891. The molecule has 0 spiro atoms. The van der Waals surface area contributed by atoms with Gasteiger partial charge in [0, 0.05) is 11.1 Å². The Balaban J connectivity index is 1.25. The lowest BCUT2D eigenvalue weighted by Gasteiger charge is -2.16. The summed E-state index contributed by atoms with van der Waals surface area (Å²) in [5, 5.41) is 7.31. The molecule has 0 unspecified atom stereocenters. The van der Waals surface area contributed by atoms with Gasteiger partial charge in [0.2, 0.25) is 0 Å². The number of benzene rings is 7. The van der Waals surface area contributed by atoms with Crippen LogP contribution < -0.4 is 0 Å². The van der Waals surface area contributed by atoms with Crippen molar-refractivity contribution in [3.05, 3.63) is 199 Å². The van der Waals surface area contributed by atoms with Gasteiger partial charge >= 0.3 is 0 Å². The van der Waals surface area contributed by atoms with Crippen molar-refractivity contribution in [2.45, 2.75) is 6.42 Å². The van der Waals surface area contributed by atoms with E-state index in [0.717, 1.165) is 51.2 Å². The van der Waals surface area contributed by atoms with Crippen LogP contribution in [0, 0.1) is 0 Å². The number of hydrogen-bond acceptors (Lipinski definition) is 1. The van der Waals surface area contributed by atoms with Crippen LogP contribution in [0.15, 0.2) is 183 Å². The first-order valence-corrected chi connectivity index (χ1v) is 16.8. The fraction of sp³-hybridized carbons (Fsp3) is 0.0208. The van der Waals surface area contributed by atoms with E-state index in [0.29, 0.717) is 0 Å². The molecule has 0 fully saturated rings. The molecular formula is C48H33N. The highest BCUT2D eigenvalue weighted by Crippen LogP contribution is 2.43. The van der Waals surface area contributed by atoms with Crippen LogP contribution in [0.3, 0.4) is 0 Å².